The van der Waals surface area contributed by atoms with E-state index in [-0.39, 0.29) is 0 Å². The van der Waals surface area contributed by atoms with Crippen molar-refractivity contribution in [3.8, 4) is 0 Å². The van der Waals surface area contributed by atoms with Crippen LogP contribution in [0.4, 0.5) is 10.1 Å². The molecule has 0 aromatic heterocycles. The van der Waals surface area contributed by atoms with E-state index in [4.69, 9.17) is 5.73 Å². The highest BCUT2D eigenvalue weighted by Gasteiger charge is 2.06. The van der Waals surface area contributed by atoms with Crippen LogP contribution in [-0.2, 0) is 10.8 Å². The average molecular weight is 243 g/mol. The van der Waals surface area contributed by atoms with E-state index in [1.807, 2.05) is 0 Å². The van der Waals surface area contributed by atoms with E-state index >= 15 is 0 Å². The Kier molecular flexibility index (Phi) is 5.46. The van der Waals surface area contributed by atoms with Crippen molar-refractivity contribution in [1.82, 2.24) is 0 Å². The molecule has 1 rings (SSSR count). The van der Waals surface area contributed by atoms with Crippen molar-refractivity contribution in [3.05, 3.63) is 24.0 Å². The number of anilines is 1. The molecule has 1 atom stereocenters. The fraction of sp³-hybridized carbons (Fsp3) is 0.500. The van der Waals surface area contributed by atoms with Gasteiger partial charge in [0.2, 0.25) is 0 Å². The van der Waals surface area contributed by atoms with Crippen LogP contribution in [0.3, 0.4) is 0 Å². The molecule has 2 N–H and O–H groups in total. The van der Waals surface area contributed by atoms with Crippen LogP contribution in [0.15, 0.2) is 23.1 Å². The summed E-state index contributed by atoms with van der Waals surface area (Å²) in [5.74, 6) is 0.167. The molecule has 90 valence electrons. The molecule has 0 amide bonds. The van der Waals surface area contributed by atoms with Gasteiger partial charge in [-0.15, -0.1) is 0 Å². The zero-order valence-corrected chi connectivity index (χ0v) is 10.4. The number of benzene rings is 1. The number of rotatable bonds is 6. The average Bonchev–Trinajstić information content (AvgIpc) is 2.22. The van der Waals surface area contributed by atoms with E-state index in [2.05, 4.69) is 6.92 Å². The topological polar surface area (TPSA) is 43.1 Å². The van der Waals surface area contributed by atoms with Gasteiger partial charge in [-0.25, -0.2) is 4.39 Å². The molecule has 0 aliphatic rings. The van der Waals surface area contributed by atoms with Crippen LogP contribution < -0.4 is 5.73 Å². The van der Waals surface area contributed by atoms with Crippen molar-refractivity contribution in [2.45, 2.75) is 37.5 Å². The summed E-state index contributed by atoms with van der Waals surface area (Å²) in [5.41, 5.74) is 5.83. The number of hydrogen-bond donors (Lipinski definition) is 1. The van der Waals surface area contributed by atoms with E-state index in [0.29, 0.717) is 16.3 Å². The molecular weight excluding hydrogens is 225 g/mol. The SMILES string of the molecule is CCCCCCS(=O)c1cc(N)cc(F)c1. The van der Waals surface area contributed by atoms with Gasteiger partial charge in [-0.05, 0) is 24.6 Å². The zero-order chi connectivity index (χ0) is 12.0. The Hall–Kier alpha value is -0.900. The summed E-state index contributed by atoms with van der Waals surface area (Å²) in [6, 6.07) is 4.11. The molecule has 0 spiro atoms. The molecule has 0 bridgehead atoms. The Morgan fingerprint density at radius 2 is 2.00 bits per heavy atom. The van der Waals surface area contributed by atoms with E-state index in [1.165, 1.54) is 12.1 Å². The minimum absolute atomic E-state index is 0.330. The van der Waals surface area contributed by atoms with Crippen molar-refractivity contribution in [2.75, 3.05) is 11.5 Å². The zero-order valence-electron chi connectivity index (χ0n) is 9.54. The first-order chi connectivity index (χ1) is 7.63. The highest BCUT2D eigenvalue weighted by molar-refractivity contribution is 7.85. The Bertz CT molecular complexity index is 348. The van der Waals surface area contributed by atoms with Gasteiger partial charge in [-0.1, -0.05) is 26.2 Å². The Balaban J connectivity index is 2.52. The molecule has 1 aromatic carbocycles. The minimum atomic E-state index is -1.13. The minimum Gasteiger partial charge on any atom is -0.399 e. The largest absolute Gasteiger partial charge is 0.399 e. The van der Waals surface area contributed by atoms with Crippen LogP contribution in [0.25, 0.3) is 0 Å². The van der Waals surface area contributed by atoms with Crippen LogP contribution in [0.1, 0.15) is 32.6 Å². The third-order valence-electron chi connectivity index (χ3n) is 2.34. The van der Waals surface area contributed by atoms with Crippen molar-refractivity contribution in [3.63, 3.8) is 0 Å². The van der Waals surface area contributed by atoms with Gasteiger partial charge in [-0.3, -0.25) is 4.21 Å². The second-order valence-electron chi connectivity index (χ2n) is 3.83. The molecule has 4 heteroatoms. The third-order valence-corrected chi connectivity index (χ3v) is 3.76. The molecule has 16 heavy (non-hydrogen) atoms. The van der Waals surface area contributed by atoms with Gasteiger partial charge in [0.1, 0.15) is 5.82 Å². The van der Waals surface area contributed by atoms with Crippen molar-refractivity contribution >= 4 is 16.5 Å². The van der Waals surface area contributed by atoms with Crippen molar-refractivity contribution in [2.24, 2.45) is 0 Å². The monoisotopic (exact) mass is 243 g/mol. The summed E-state index contributed by atoms with van der Waals surface area (Å²) in [6.07, 6.45) is 4.30. The van der Waals surface area contributed by atoms with Crippen LogP contribution in [0.2, 0.25) is 0 Å². The quantitative estimate of drug-likeness (QED) is 0.616. The van der Waals surface area contributed by atoms with Gasteiger partial charge in [0, 0.05) is 16.3 Å². The van der Waals surface area contributed by atoms with E-state index < -0.39 is 16.6 Å². The number of unbranched alkanes of at least 4 members (excludes halogenated alkanes) is 3. The molecule has 1 unspecified atom stereocenters. The molecule has 0 saturated heterocycles. The lowest BCUT2D eigenvalue weighted by Gasteiger charge is -2.03. The molecular formula is C12H18FNOS. The Labute approximate surface area is 98.5 Å². The van der Waals surface area contributed by atoms with E-state index in [1.54, 1.807) is 6.07 Å². The lowest BCUT2D eigenvalue weighted by molar-refractivity contribution is 0.623. The first-order valence-electron chi connectivity index (χ1n) is 5.58. The van der Waals surface area contributed by atoms with Crippen LogP contribution in [0.5, 0.6) is 0 Å². The standard InChI is InChI=1S/C12H18FNOS/c1-2-3-4-5-6-16(15)12-8-10(13)7-11(14)9-12/h7-9H,2-6,14H2,1H3. The Morgan fingerprint density at radius 1 is 1.25 bits per heavy atom. The number of nitrogen functional groups attached to an aromatic ring is 1. The van der Waals surface area contributed by atoms with Crippen molar-refractivity contribution < 1.29 is 8.60 Å². The van der Waals surface area contributed by atoms with E-state index in [9.17, 15) is 8.60 Å². The molecule has 1 aromatic rings. The lowest BCUT2D eigenvalue weighted by atomic mass is 10.2. The molecule has 0 radical (unpaired) electrons. The molecule has 0 aliphatic heterocycles. The molecule has 0 aliphatic carbocycles. The number of hydrogen-bond acceptors (Lipinski definition) is 2. The van der Waals surface area contributed by atoms with Gasteiger partial charge in [0.05, 0.1) is 10.8 Å². The molecule has 0 heterocycles. The predicted molar refractivity (Wildman–Crippen MR) is 66.2 cm³/mol. The molecule has 0 saturated carbocycles. The fourth-order valence-corrected chi connectivity index (χ4v) is 2.71. The third kappa shape index (κ3) is 4.31. The van der Waals surface area contributed by atoms with Gasteiger partial charge >= 0.3 is 0 Å². The highest BCUT2D eigenvalue weighted by Crippen LogP contribution is 2.15. The Morgan fingerprint density at radius 3 is 2.62 bits per heavy atom. The van der Waals surface area contributed by atoms with Crippen LogP contribution in [-0.4, -0.2) is 9.96 Å². The summed E-state index contributed by atoms with van der Waals surface area (Å²) in [4.78, 5) is 0.494. The van der Waals surface area contributed by atoms with Gasteiger partial charge in [0.15, 0.2) is 0 Å². The van der Waals surface area contributed by atoms with Gasteiger partial charge < -0.3 is 5.73 Å². The first-order valence-corrected chi connectivity index (χ1v) is 6.90. The maximum atomic E-state index is 13.0. The van der Waals surface area contributed by atoms with Gasteiger partial charge in [0.25, 0.3) is 0 Å². The summed E-state index contributed by atoms with van der Waals surface area (Å²) in [7, 11) is -1.13. The first kappa shape index (κ1) is 13.2. The maximum Gasteiger partial charge on any atom is 0.126 e. The second kappa shape index (κ2) is 6.63. The highest BCUT2D eigenvalue weighted by atomic mass is 32.2. The predicted octanol–water partition coefficient (Wildman–Crippen LogP) is 3.10. The maximum absolute atomic E-state index is 13.0. The van der Waals surface area contributed by atoms with Crippen LogP contribution >= 0.6 is 0 Å². The van der Waals surface area contributed by atoms with Gasteiger partial charge in [-0.2, -0.15) is 0 Å². The number of nitrogens with two attached hydrogens (primary N) is 1. The summed E-state index contributed by atoms with van der Waals surface area (Å²) in [6.45, 7) is 2.13. The smallest absolute Gasteiger partial charge is 0.126 e. The van der Waals surface area contributed by atoms with E-state index in [0.717, 1.165) is 25.7 Å². The molecule has 0 fully saturated rings. The summed E-state index contributed by atoms with van der Waals surface area (Å²) >= 11 is 0. The summed E-state index contributed by atoms with van der Waals surface area (Å²) in [5, 5.41) is 0. The lowest BCUT2D eigenvalue weighted by Crippen LogP contribution is -2.00. The fourth-order valence-electron chi connectivity index (χ4n) is 1.49. The second-order valence-corrected chi connectivity index (χ2v) is 5.40. The summed E-state index contributed by atoms with van der Waals surface area (Å²) < 4.78 is 24.8. The van der Waals surface area contributed by atoms with Crippen molar-refractivity contribution in [1.29, 1.82) is 0 Å². The normalized spacial score (nSPS) is 12.6. The number of halogens is 1. The molecule has 2 nitrogen and oxygen atoms in total. The van der Waals surface area contributed by atoms with Crippen LogP contribution in [0, 0.1) is 5.82 Å².